The Balaban J connectivity index is 2.47. The van der Waals surface area contributed by atoms with Crippen LogP contribution >= 0.6 is 11.3 Å². The van der Waals surface area contributed by atoms with E-state index in [0.717, 1.165) is 17.4 Å². The molecular formula is C21H24N2O7S. The third kappa shape index (κ3) is 5.66. The molecule has 0 atom stereocenters. The van der Waals surface area contributed by atoms with Crippen molar-refractivity contribution >= 4 is 39.9 Å². The predicted molar refractivity (Wildman–Crippen MR) is 116 cm³/mol. The Bertz CT molecular complexity index is 1050. The number of nitrogens with zero attached hydrogens (tertiary/aromatic N) is 1. The van der Waals surface area contributed by atoms with Gasteiger partial charge in [-0.05, 0) is 53.2 Å². The number of nitro benzene ring substituents is 1. The van der Waals surface area contributed by atoms with Crippen molar-refractivity contribution in [2.75, 3.05) is 11.9 Å². The maximum atomic E-state index is 12.8. The fourth-order valence-electron chi connectivity index (χ4n) is 2.69. The van der Waals surface area contributed by atoms with Crippen LogP contribution in [0.3, 0.4) is 0 Å². The average molecular weight is 448 g/mol. The van der Waals surface area contributed by atoms with Crippen LogP contribution in [0.4, 0.5) is 10.7 Å². The lowest BCUT2D eigenvalue weighted by Gasteiger charge is -2.19. The summed E-state index contributed by atoms with van der Waals surface area (Å²) in [4.78, 5) is 48.6. The second kappa shape index (κ2) is 9.25. The number of thiophene rings is 1. The van der Waals surface area contributed by atoms with Gasteiger partial charge in [-0.25, -0.2) is 9.59 Å². The zero-order chi connectivity index (χ0) is 23.5. The Morgan fingerprint density at radius 2 is 1.81 bits per heavy atom. The van der Waals surface area contributed by atoms with E-state index in [2.05, 4.69) is 5.32 Å². The molecule has 166 valence electrons. The highest BCUT2D eigenvalue weighted by Crippen LogP contribution is 2.35. The minimum Gasteiger partial charge on any atom is -0.462 e. The summed E-state index contributed by atoms with van der Waals surface area (Å²) >= 11 is 0.885. The summed E-state index contributed by atoms with van der Waals surface area (Å²) in [5.41, 5.74) is -0.132. The molecule has 0 bridgehead atoms. The van der Waals surface area contributed by atoms with Crippen LogP contribution in [0.5, 0.6) is 0 Å². The first-order chi connectivity index (χ1) is 14.4. The molecule has 0 saturated carbocycles. The zero-order valence-electron chi connectivity index (χ0n) is 18.2. The van der Waals surface area contributed by atoms with Gasteiger partial charge in [0.25, 0.3) is 11.6 Å². The second-order valence-corrected chi connectivity index (χ2v) is 8.72. The van der Waals surface area contributed by atoms with E-state index in [4.69, 9.17) is 9.47 Å². The molecule has 2 aromatic rings. The number of aryl methyl sites for hydroxylation is 1. The Kier molecular flexibility index (Phi) is 7.17. The summed E-state index contributed by atoms with van der Waals surface area (Å²) in [7, 11) is 0. The number of hydrogen-bond donors (Lipinski definition) is 1. The SMILES string of the molecule is CCOC(=O)c1c(NC(=O)c2ccc(C)c([N+](=O)[O-])c2)sc(C(=O)OC(C)(C)C)c1C. The molecule has 0 spiro atoms. The van der Waals surface area contributed by atoms with Crippen molar-refractivity contribution in [3.05, 3.63) is 55.4 Å². The van der Waals surface area contributed by atoms with Crippen molar-refractivity contribution in [2.45, 2.75) is 47.1 Å². The minimum absolute atomic E-state index is 0.0389. The number of esters is 2. The van der Waals surface area contributed by atoms with Crippen LogP contribution in [0.2, 0.25) is 0 Å². The molecule has 1 aromatic carbocycles. The highest BCUT2D eigenvalue weighted by Gasteiger charge is 2.29. The topological polar surface area (TPSA) is 125 Å². The molecule has 1 N–H and O–H groups in total. The molecule has 0 saturated heterocycles. The van der Waals surface area contributed by atoms with Gasteiger partial charge < -0.3 is 14.8 Å². The van der Waals surface area contributed by atoms with Crippen molar-refractivity contribution < 1.29 is 28.8 Å². The zero-order valence-corrected chi connectivity index (χ0v) is 19.0. The van der Waals surface area contributed by atoms with E-state index in [0.29, 0.717) is 11.1 Å². The van der Waals surface area contributed by atoms with Gasteiger partial charge in [-0.3, -0.25) is 14.9 Å². The standard InChI is InChI=1S/C21H24N2O7S/c1-7-29-19(25)15-12(3)16(20(26)30-21(4,5)6)31-18(15)22-17(24)13-9-8-11(2)14(10-13)23(27)28/h8-10H,7H2,1-6H3,(H,22,24). The van der Waals surface area contributed by atoms with Gasteiger partial charge in [0.2, 0.25) is 0 Å². The van der Waals surface area contributed by atoms with Crippen LogP contribution < -0.4 is 5.32 Å². The molecule has 0 unspecified atom stereocenters. The quantitative estimate of drug-likeness (QED) is 0.387. The predicted octanol–water partition coefficient (Wildman–Crippen LogP) is 4.66. The van der Waals surface area contributed by atoms with Crippen LogP contribution in [0.1, 0.15) is 69.2 Å². The van der Waals surface area contributed by atoms with Gasteiger partial charge in [-0.15, -0.1) is 11.3 Å². The Hall–Kier alpha value is -3.27. The van der Waals surface area contributed by atoms with Crippen molar-refractivity contribution in [2.24, 2.45) is 0 Å². The van der Waals surface area contributed by atoms with E-state index in [1.54, 1.807) is 41.5 Å². The Morgan fingerprint density at radius 1 is 1.16 bits per heavy atom. The van der Waals surface area contributed by atoms with Crippen LogP contribution in [0, 0.1) is 24.0 Å². The number of carbonyl (C=O) groups excluding carboxylic acids is 3. The van der Waals surface area contributed by atoms with Gasteiger partial charge >= 0.3 is 11.9 Å². The molecule has 0 radical (unpaired) electrons. The van der Waals surface area contributed by atoms with E-state index < -0.39 is 28.4 Å². The summed E-state index contributed by atoms with van der Waals surface area (Å²) in [6.45, 7) is 10.0. The molecule has 31 heavy (non-hydrogen) atoms. The maximum Gasteiger partial charge on any atom is 0.349 e. The van der Waals surface area contributed by atoms with E-state index >= 15 is 0 Å². The second-order valence-electron chi connectivity index (χ2n) is 7.70. The molecule has 10 heteroatoms. The molecular weight excluding hydrogens is 424 g/mol. The van der Waals surface area contributed by atoms with Crippen molar-refractivity contribution in [3.63, 3.8) is 0 Å². The third-order valence-electron chi connectivity index (χ3n) is 4.11. The lowest BCUT2D eigenvalue weighted by atomic mass is 10.1. The van der Waals surface area contributed by atoms with Gasteiger partial charge in [0.15, 0.2) is 0 Å². The van der Waals surface area contributed by atoms with E-state index in [9.17, 15) is 24.5 Å². The number of anilines is 1. The first kappa shape index (κ1) is 24.0. The van der Waals surface area contributed by atoms with Crippen molar-refractivity contribution in [3.8, 4) is 0 Å². The van der Waals surface area contributed by atoms with E-state index in [1.807, 2.05) is 0 Å². The smallest absolute Gasteiger partial charge is 0.349 e. The molecule has 1 amide bonds. The van der Waals surface area contributed by atoms with Crippen LogP contribution in [-0.4, -0.2) is 35.0 Å². The van der Waals surface area contributed by atoms with Crippen LogP contribution in [-0.2, 0) is 9.47 Å². The number of amides is 1. The van der Waals surface area contributed by atoms with Gasteiger partial charge in [-0.1, -0.05) is 6.07 Å². The third-order valence-corrected chi connectivity index (χ3v) is 5.29. The first-order valence-corrected chi connectivity index (χ1v) is 10.3. The fourth-order valence-corrected chi connectivity index (χ4v) is 3.76. The maximum absolute atomic E-state index is 12.8. The number of carbonyl (C=O) groups is 3. The van der Waals surface area contributed by atoms with Gasteiger partial charge in [-0.2, -0.15) is 0 Å². The summed E-state index contributed by atoms with van der Waals surface area (Å²) in [5.74, 6) is -1.99. The van der Waals surface area contributed by atoms with Gasteiger partial charge in [0.05, 0.1) is 17.1 Å². The highest BCUT2D eigenvalue weighted by atomic mass is 32.1. The summed E-state index contributed by atoms with van der Waals surface area (Å²) in [6.07, 6.45) is 0. The van der Waals surface area contributed by atoms with Crippen molar-refractivity contribution in [1.82, 2.24) is 0 Å². The molecule has 1 heterocycles. The molecule has 0 fully saturated rings. The highest BCUT2D eigenvalue weighted by molar-refractivity contribution is 7.18. The fraction of sp³-hybridized carbons (Fsp3) is 0.381. The van der Waals surface area contributed by atoms with Crippen molar-refractivity contribution in [1.29, 1.82) is 0 Å². The number of rotatable bonds is 6. The lowest BCUT2D eigenvalue weighted by molar-refractivity contribution is -0.385. The molecule has 1 aromatic heterocycles. The molecule has 9 nitrogen and oxygen atoms in total. The van der Waals surface area contributed by atoms with Crippen LogP contribution in [0.25, 0.3) is 0 Å². The number of nitro groups is 1. The molecule has 0 aliphatic heterocycles. The summed E-state index contributed by atoms with van der Waals surface area (Å²) < 4.78 is 10.5. The lowest BCUT2D eigenvalue weighted by Crippen LogP contribution is -2.23. The van der Waals surface area contributed by atoms with Gasteiger partial charge in [0.1, 0.15) is 15.5 Å². The van der Waals surface area contributed by atoms with Crippen LogP contribution in [0.15, 0.2) is 18.2 Å². The minimum atomic E-state index is -0.748. The average Bonchev–Trinajstić information content (AvgIpc) is 2.96. The first-order valence-electron chi connectivity index (χ1n) is 9.46. The van der Waals surface area contributed by atoms with Gasteiger partial charge in [0, 0.05) is 17.2 Å². The van der Waals surface area contributed by atoms with E-state index in [1.165, 1.54) is 12.1 Å². The Morgan fingerprint density at radius 3 is 2.35 bits per heavy atom. The summed E-state index contributed by atoms with van der Waals surface area (Å²) in [5, 5.41) is 13.9. The monoisotopic (exact) mass is 448 g/mol. The molecule has 2 rings (SSSR count). The Labute approximate surface area is 183 Å². The number of benzene rings is 1. The molecule has 0 aliphatic rings. The number of nitrogens with one attached hydrogen (secondary N) is 1. The summed E-state index contributed by atoms with van der Waals surface area (Å²) in [6, 6.07) is 4.06. The van der Waals surface area contributed by atoms with E-state index in [-0.39, 0.29) is 33.3 Å². The number of ether oxygens (including phenoxy) is 2. The normalized spacial score (nSPS) is 11.0. The largest absolute Gasteiger partial charge is 0.462 e. The number of hydrogen-bond acceptors (Lipinski definition) is 8. The molecule has 0 aliphatic carbocycles.